The van der Waals surface area contributed by atoms with Gasteiger partial charge in [-0.2, -0.15) is 0 Å². The monoisotopic (exact) mass is 603 g/mol. The zero-order chi connectivity index (χ0) is 30.5. The highest BCUT2D eigenvalue weighted by molar-refractivity contribution is 7.99. The number of carbonyl (C=O) groups excluding carboxylic acids is 2. The van der Waals surface area contributed by atoms with Crippen LogP contribution in [0.1, 0.15) is 17.3 Å². The lowest BCUT2D eigenvalue weighted by Crippen LogP contribution is -2.55. The van der Waals surface area contributed by atoms with Crippen LogP contribution >= 0.6 is 11.8 Å². The van der Waals surface area contributed by atoms with Crippen LogP contribution in [0.3, 0.4) is 0 Å². The second-order valence-corrected chi connectivity index (χ2v) is 11.6. The molecule has 2 heterocycles. The van der Waals surface area contributed by atoms with E-state index in [9.17, 15) is 9.59 Å². The Morgan fingerprint density at radius 3 is 2.20 bits per heavy atom. The Morgan fingerprint density at radius 1 is 0.818 bits per heavy atom. The number of benzene rings is 4. The fourth-order valence-electron chi connectivity index (χ4n) is 5.43. The van der Waals surface area contributed by atoms with Crippen molar-refractivity contribution in [2.24, 2.45) is 0 Å². The Morgan fingerprint density at radius 2 is 1.50 bits per heavy atom. The van der Waals surface area contributed by atoms with E-state index >= 15 is 0 Å². The van der Waals surface area contributed by atoms with E-state index in [1.807, 2.05) is 118 Å². The van der Waals surface area contributed by atoms with Crippen molar-refractivity contribution in [1.29, 1.82) is 0 Å². The molecule has 1 aliphatic rings. The molecule has 8 nitrogen and oxygen atoms in total. The van der Waals surface area contributed by atoms with Gasteiger partial charge in [0.15, 0.2) is 11.0 Å². The van der Waals surface area contributed by atoms with Gasteiger partial charge < -0.3 is 14.5 Å². The second kappa shape index (κ2) is 13.2. The predicted octanol–water partition coefficient (Wildman–Crippen LogP) is 6.08. The van der Waals surface area contributed by atoms with Gasteiger partial charge in [0, 0.05) is 42.5 Å². The molecule has 1 unspecified atom stereocenters. The van der Waals surface area contributed by atoms with Crippen molar-refractivity contribution < 1.29 is 14.3 Å². The average molecular weight is 604 g/mol. The van der Waals surface area contributed by atoms with E-state index in [0.29, 0.717) is 36.2 Å². The van der Waals surface area contributed by atoms with E-state index in [2.05, 4.69) is 22.3 Å². The van der Waals surface area contributed by atoms with Crippen LogP contribution in [-0.4, -0.2) is 74.9 Å². The summed E-state index contributed by atoms with van der Waals surface area (Å²) in [6.07, 6.45) is 0. The molecule has 0 bridgehead atoms. The lowest BCUT2D eigenvalue weighted by molar-refractivity contribution is -0.130. The van der Waals surface area contributed by atoms with Gasteiger partial charge in [-0.05, 0) is 54.4 Å². The number of thioether (sulfide) groups is 1. The quantitative estimate of drug-likeness (QED) is 0.200. The van der Waals surface area contributed by atoms with Crippen LogP contribution in [0.15, 0.2) is 114 Å². The molecular formula is C35H33N5O3S. The molecule has 1 saturated heterocycles. The number of aromatic nitrogens is 3. The van der Waals surface area contributed by atoms with Crippen molar-refractivity contribution in [2.75, 3.05) is 32.5 Å². The molecule has 1 fully saturated rings. The molecule has 0 saturated carbocycles. The van der Waals surface area contributed by atoms with Gasteiger partial charge in [-0.25, -0.2) is 0 Å². The molecular weight excluding hydrogens is 570 g/mol. The van der Waals surface area contributed by atoms with Gasteiger partial charge >= 0.3 is 0 Å². The smallest absolute Gasteiger partial charge is 0.254 e. The first-order valence-electron chi connectivity index (χ1n) is 14.5. The van der Waals surface area contributed by atoms with Crippen LogP contribution in [-0.2, 0) is 4.79 Å². The first-order valence-corrected chi connectivity index (χ1v) is 15.5. The van der Waals surface area contributed by atoms with Crippen molar-refractivity contribution in [3.63, 3.8) is 0 Å². The van der Waals surface area contributed by atoms with Crippen LogP contribution in [0.25, 0.3) is 28.2 Å². The number of para-hydroxylation sites is 1. The maximum Gasteiger partial charge on any atom is 0.254 e. The fourth-order valence-corrected chi connectivity index (χ4v) is 6.28. The number of rotatable bonds is 8. The SMILES string of the molecule is COc1cccc(-c2nnc(SCC(=O)N3CCN(C(=O)c4ccc(-c5ccccc5)cc4)C(C)C3)n2-c2ccccc2)c1. The summed E-state index contributed by atoms with van der Waals surface area (Å²) in [5.41, 5.74) is 4.61. The van der Waals surface area contributed by atoms with Gasteiger partial charge in [0.1, 0.15) is 5.75 Å². The second-order valence-electron chi connectivity index (χ2n) is 10.6. The normalized spacial score (nSPS) is 14.8. The zero-order valence-electron chi connectivity index (χ0n) is 24.7. The molecule has 0 spiro atoms. The van der Waals surface area contributed by atoms with Gasteiger partial charge in [0.2, 0.25) is 5.91 Å². The predicted molar refractivity (Wildman–Crippen MR) is 173 cm³/mol. The minimum absolute atomic E-state index is 0.00621. The van der Waals surface area contributed by atoms with Crippen LogP contribution in [0.2, 0.25) is 0 Å². The molecule has 1 aliphatic heterocycles. The molecule has 0 radical (unpaired) electrons. The topological polar surface area (TPSA) is 80.6 Å². The molecule has 222 valence electrons. The van der Waals surface area contributed by atoms with Gasteiger partial charge in [0.05, 0.1) is 12.9 Å². The van der Waals surface area contributed by atoms with Gasteiger partial charge in [-0.15, -0.1) is 10.2 Å². The van der Waals surface area contributed by atoms with Crippen LogP contribution in [0.4, 0.5) is 0 Å². The largest absolute Gasteiger partial charge is 0.497 e. The number of ether oxygens (including phenoxy) is 1. The number of methoxy groups -OCH3 is 1. The van der Waals surface area contributed by atoms with Gasteiger partial charge in [-0.1, -0.05) is 84.6 Å². The van der Waals surface area contributed by atoms with Crippen molar-refractivity contribution >= 4 is 23.6 Å². The summed E-state index contributed by atoms with van der Waals surface area (Å²) in [7, 11) is 1.63. The highest BCUT2D eigenvalue weighted by Gasteiger charge is 2.30. The number of nitrogens with zero attached hydrogens (tertiary/aromatic N) is 5. The standard InChI is InChI=1S/C35H33N5O3S/c1-25-23-38(20-21-39(25)34(42)28-18-16-27(17-19-28)26-10-5-3-6-11-26)32(41)24-44-35-37-36-33(29-12-9-15-31(22-29)43-2)40(35)30-13-7-4-8-14-30/h3-19,22,25H,20-21,23-24H2,1-2H3. The Balaban J connectivity index is 1.11. The molecule has 4 aromatic carbocycles. The highest BCUT2D eigenvalue weighted by Crippen LogP contribution is 2.30. The number of carbonyl (C=O) groups is 2. The summed E-state index contributed by atoms with van der Waals surface area (Å²) in [6.45, 7) is 3.44. The van der Waals surface area contributed by atoms with Crippen LogP contribution < -0.4 is 4.74 Å². The maximum absolute atomic E-state index is 13.4. The highest BCUT2D eigenvalue weighted by atomic mass is 32.2. The summed E-state index contributed by atoms with van der Waals surface area (Å²) in [5.74, 6) is 1.60. The Labute approximate surface area is 261 Å². The zero-order valence-corrected chi connectivity index (χ0v) is 25.5. The van der Waals surface area contributed by atoms with E-state index in [-0.39, 0.29) is 23.6 Å². The maximum atomic E-state index is 13.4. The summed E-state index contributed by atoms with van der Waals surface area (Å²) < 4.78 is 7.38. The molecule has 0 aliphatic carbocycles. The van der Waals surface area contributed by atoms with Gasteiger partial charge in [0.25, 0.3) is 5.91 Å². The van der Waals surface area contributed by atoms with E-state index < -0.39 is 0 Å². The van der Waals surface area contributed by atoms with Crippen molar-refractivity contribution in [3.05, 3.63) is 115 Å². The van der Waals surface area contributed by atoms with E-state index in [0.717, 1.165) is 28.1 Å². The molecule has 1 aromatic heterocycles. The first kappa shape index (κ1) is 29.2. The summed E-state index contributed by atoms with van der Waals surface area (Å²) in [6, 6.07) is 35.3. The Kier molecular flexibility index (Phi) is 8.74. The van der Waals surface area contributed by atoms with Crippen molar-refractivity contribution in [2.45, 2.75) is 18.1 Å². The molecule has 0 N–H and O–H groups in total. The lowest BCUT2D eigenvalue weighted by Gasteiger charge is -2.40. The Hall–Kier alpha value is -4.89. The minimum Gasteiger partial charge on any atom is -0.497 e. The molecule has 9 heteroatoms. The van der Waals surface area contributed by atoms with E-state index in [1.165, 1.54) is 11.8 Å². The fraction of sp³-hybridized carbons (Fsp3) is 0.200. The van der Waals surface area contributed by atoms with E-state index in [1.54, 1.807) is 7.11 Å². The Bertz CT molecular complexity index is 1740. The molecule has 44 heavy (non-hydrogen) atoms. The number of hydrogen-bond donors (Lipinski definition) is 0. The number of hydrogen-bond acceptors (Lipinski definition) is 6. The summed E-state index contributed by atoms with van der Waals surface area (Å²) in [5, 5.41) is 9.58. The summed E-state index contributed by atoms with van der Waals surface area (Å²) in [4.78, 5) is 30.4. The number of piperazine rings is 1. The molecule has 5 aromatic rings. The third-order valence-electron chi connectivity index (χ3n) is 7.78. The van der Waals surface area contributed by atoms with Gasteiger partial charge in [-0.3, -0.25) is 14.2 Å². The molecule has 6 rings (SSSR count). The average Bonchev–Trinajstić information content (AvgIpc) is 3.52. The lowest BCUT2D eigenvalue weighted by atomic mass is 10.0. The van der Waals surface area contributed by atoms with Crippen molar-refractivity contribution in [3.8, 4) is 34.0 Å². The van der Waals surface area contributed by atoms with Crippen LogP contribution in [0, 0.1) is 0 Å². The minimum atomic E-state index is -0.105. The van der Waals surface area contributed by atoms with Crippen LogP contribution in [0.5, 0.6) is 5.75 Å². The van der Waals surface area contributed by atoms with Crippen molar-refractivity contribution in [1.82, 2.24) is 24.6 Å². The molecule has 2 amide bonds. The number of amides is 2. The third kappa shape index (κ3) is 6.23. The third-order valence-corrected chi connectivity index (χ3v) is 8.69. The summed E-state index contributed by atoms with van der Waals surface area (Å²) >= 11 is 1.36. The van der Waals surface area contributed by atoms with E-state index in [4.69, 9.17) is 4.74 Å². The first-order chi connectivity index (χ1) is 21.5. The molecule has 1 atom stereocenters.